The number of rotatable bonds is 3. The summed E-state index contributed by atoms with van der Waals surface area (Å²) in [5, 5.41) is 8.26. The fourth-order valence-corrected chi connectivity index (χ4v) is 2.40. The average Bonchev–Trinajstić information content (AvgIpc) is 2.87. The highest BCUT2D eigenvalue weighted by Gasteiger charge is 2.13. The molecule has 0 bridgehead atoms. The number of para-hydroxylation sites is 1. The van der Waals surface area contributed by atoms with E-state index in [0.717, 1.165) is 16.0 Å². The molecule has 1 aromatic carbocycles. The largest absolute Gasteiger partial charge is 0.329 e. The Hall–Kier alpha value is -2.47. The number of amides is 2. The molecule has 0 atom stereocenters. The van der Waals surface area contributed by atoms with E-state index in [1.807, 2.05) is 37.4 Å². The van der Waals surface area contributed by atoms with Gasteiger partial charge in [-0.1, -0.05) is 18.2 Å². The third-order valence-electron chi connectivity index (χ3n) is 2.85. The van der Waals surface area contributed by atoms with Gasteiger partial charge in [-0.25, -0.2) is 5.43 Å². The third kappa shape index (κ3) is 4.00. The molecule has 0 aliphatic heterocycles. The van der Waals surface area contributed by atoms with Gasteiger partial charge in [0.1, 0.15) is 0 Å². The topological polar surface area (TPSA) is 70.6 Å². The van der Waals surface area contributed by atoms with Gasteiger partial charge in [0.2, 0.25) is 0 Å². The third-order valence-corrected chi connectivity index (χ3v) is 3.80. The minimum Gasteiger partial charge on any atom is -0.317 e. The van der Waals surface area contributed by atoms with E-state index in [9.17, 15) is 9.59 Å². The van der Waals surface area contributed by atoms with Gasteiger partial charge in [0.05, 0.1) is 6.21 Å². The molecule has 6 heteroatoms. The summed E-state index contributed by atoms with van der Waals surface area (Å²) in [4.78, 5) is 24.3. The molecular weight excluding hydrogens is 286 g/mol. The molecule has 0 spiro atoms. The van der Waals surface area contributed by atoms with Crippen LogP contribution in [0.25, 0.3) is 0 Å². The smallest absolute Gasteiger partial charge is 0.317 e. The van der Waals surface area contributed by atoms with Gasteiger partial charge < -0.3 is 5.32 Å². The van der Waals surface area contributed by atoms with Gasteiger partial charge in [0, 0.05) is 10.6 Å². The van der Waals surface area contributed by atoms with Crippen LogP contribution in [-0.2, 0) is 9.59 Å². The zero-order valence-corrected chi connectivity index (χ0v) is 12.5. The minimum atomic E-state index is -0.802. The van der Waals surface area contributed by atoms with Crippen molar-refractivity contribution >= 4 is 35.1 Å². The van der Waals surface area contributed by atoms with E-state index in [1.54, 1.807) is 12.1 Å². The number of hydrogen-bond acceptors (Lipinski definition) is 4. The molecular formula is C15H15N3O2S. The number of benzene rings is 1. The minimum absolute atomic E-state index is 0.607. The number of anilines is 1. The van der Waals surface area contributed by atoms with Gasteiger partial charge in [0.15, 0.2) is 0 Å². The number of aryl methyl sites for hydroxylation is 2. The van der Waals surface area contributed by atoms with Crippen molar-refractivity contribution in [1.82, 2.24) is 5.43 Å². The van der Waals surface area contributed by atoms with E-state index < -0.39 is 11.8 Å². The molecule has 5 nitrogen and oxygen atoms in total. The van der Waals surface area contributed by atoms with E-state index in [-0.39, 0.29) is 0 Å². The Bertz CT molecular complexity index is 692. The van der Waals surface area contributed by atoms with Crippen molar-refractivity contribution in [2.45, 2.75) is 13.8 Å². The molecule has 0 unspecified atom stereocenters. The highest BCUT2D eigenvalue weighted by Crippen LogP contribution is 2.13. The molecule has 2 rings (SSSR count). The van der Waals surface area contributed by atoms with Crippen LogP contribution >= 0.6 is 11.3 Å². The summed E-state index contributed by atoms with van der Waals surface area (Å²) in [7, 11) is 0. The summed E-state index contributed by atoms with van der Waals surface area (Å²) in [5.41, 5.74) is 4.78. The van der Waals surface area contributed by atoms with E-state index in [0.29, 0.717) is 5.69 Å². The molecule has 0 fully saturated rings. The SMILES string of the molecule is Cc1ccccc1NC(=O)C(=O)N/N=C\c1sccc1C. The monoisotopic (exact) mass is 301 g/mol. The van der Waals surface area contributed by atoms with Crippen molar-refractivity contribution in [3.63, 3.8) is 0 Å². The second-order valence-corrected chi connectivity index (χ2v) is 5.38. The Balaban J connectivity index is 1.92. The number of hydrazone groups is 1. The second kappa shape index (κ2) is 6.81. The normalized spacial score (nSPS) is 10.6. The summed E-state index contributed by atoms with van der Waals surface area (Å²) < 4.78 is 0. The van der Waals surface area contributed by atoms with E-state index in [2.05, 4.69) is 15.8 Å². The first kappa shape index (κ1) is 14.9. The molecule has 108 valence electrons. The lowest BCUT2D eigenvalue weighted by molar-refractivity contribution is -0.136. The summed E-state index contributed by atoms with van der Waals surface area (Å²) in [5.74, 6) is -1.55. The zero-order valence-electron chi connectivity index (χ0n) is 11.7. The lowest BCUT2D eigenvalue weighted by Crippen LogP contribution is -2.32. The number of hydrogen-bond donors (Lipinski definition) is 2. The van der Waals surface area contributed by atoms with Crippen LogP contribution in [0.15, 0.2) is 40.8 Å². The summed E-state index contributed by atoms with van der Waals surface area (Å²) in [6.45, 7) is 3.80. The maximum Gasteiger partial charge on any atom is 0.329 e. The fraction of sp³-hybridized carbons (Fsp3) is 0.133. The number of thiophene rings is 1. The standard InChI is InChI=1S/C15H15N3O2S/c1-10-5-3-4-6-12(10)17-14(19)15(20)18-16-9-13-11(2)7-8-21-13/h3-9H,1-2H3,(H,17,19)(H,18,20)/b16-9-. The Morgan fingerprint density at radius 1 is 1.10 bits per heavy atom. The van der Waals surface area contributed by atoms with Crippen LogP contribution < -0.4 is 10.7 Å². The Morgan fingerprint density at radius 2 is 1.86 bits per heavy atom. The number of carbonyl (C=O) groups is 2. The molecule has 2 aromatic rings. The molecule has 0 saturated carbocycles. The van der Waals surface area contributed by atoms with Gasteiger partial charge in [-0.15, -0.1) is 11.3 Å². The highest BCUT2D eigenvalue weighted by molar-refractivity contribution is 7.11. The van der Waals surface area contributed by atoms with Crippen LogP contribution in [0.2, 0.25) is 0 Å². The van der Waals surface area contributed by atoms with Crippen LogP contribution in [-0.4, -0.2) is 18.0 Å². The predicted octanol–water partition coefficient (Wildman–Crippen LogP) is 2.45. The number of nitrogens with one attached hydrogen (secondary N) is 2. The number of carbonyl (C=O) groups excluding carboxylic acids is 2. The molecule has 0 aliphatic carbocycles. The average molecular weight is 301 g/mol. The van der Waals surface area contributed by atoms with Crippen molar-refractivity contribution in [1.29, 1.82) is 0 Å². The van der Waals surface area contributed by atoms with Gasteiger partial charge in [-0.2, -0.15) is 5.10 Å². The van der Waals surface area contributed by atoms with Crippen molar-refractivity contribution in [3.8, 4) is 0 Å². The summed E-state index contributed by atoms with van der Waals surface area (Å²) in [6.07, 6.45) is 1.53. The lowest BCUT2D eigenvalue weighted by atomic mass is 10.2. The summed E-state index contributed by atoms with van der Waals surface area (Å²) in [6, 6.07) is 9.19. The quantitative estimate of drug-likeness (QED) is 0.519. The van der Waals surface area contributed by atoms with Crippen LogP contribution in [0.5, 0.6) is 0 Å². The Labute approximate surface area is 126 Å². The first-order chi connectivity index (χ1) is 10.1. The highest BCUT2D eigenvalue weighted by atomic mass is 32.1. The second-order valence-electron chi connectivity index (χ2n) is 4.44. The molecule has 1 aromatic heterocycles. The van der Waals surface area contributed by atoms with E-state index in [4.69, 9.17) is 0 Å². The van der Waals surface area contributed by atoms with Gasteiger partial charge in [-0.05, 0) is 42.5 Å². The van der Waals surface area contributed by atoms with Crippen LogP contribution in [0.1, 0.15) is 16.0 Å². The Morgan fingerprint density at radius 3 is 2.52 bits per heavy atom. The first-order valence-corrected chi connectivity index (χ1v) is 7.20. The van der Waals surface area contributed by atoms with Crippen molar-refractivity contribution in [2.24, 2.45) is 5.10 Å². The fourth-order valence-electron chi connectivity index (χ4n) is 1.61. The van der Waals surface area contributed by atoms with Crippen LogP contribution in [0.4, 0.5) is 5.69 Å². The molecule has 2 amide bonds. The molecule has 1 heterocycles. The van der Waals surface area contributed by atoms with Gasteiger partial charge in [-0.3, -0.25) is 9.59 Å². The number of nitrogens with zero attached hydrogens (tertiary/aromatic N) is 1. The molecule has 21 heavy (non-hydrogen) atoms. The van der Waals surface area contributed by atoms with Crippen LogP contribution in [0.3, 0.4) is 0 Å². The molecule has 2 N–H and O–H groups in total. The summed E-state index contributed by atoms with van der Waals surface area (Å²) >= 11 is 1.51. The van der Waals surface area contributed by atoms with E-state index in [1.165, 1.54) is 17.6 Å². The van der Waals surface area contributed by atoms with Gasteiger partial charge >= 0.3 is 11.8 Å². The zero-order chi connectivity index (χ0) is 15.2. The Kier molecular flexibility index (Phi) is 4.84. The maximum atomic E-state index is 11.7. The molecule has 0 aliphatic rings. The maximum absolute atomic E-state index is 11.7. The first-order valence-electron chi connectivity index (χ1n) is 6.32. The van der Waals surface area contributed by atoms with Crippen molar-refractivity contribution < 1.29 is 9.59 Å². The van der Waals surface area contributed by atoms with Gasteiger partial charge in [0.25, 0.3) is 0 Å². The predicted molar refractivity (Wildman–Crippen MR) is 84.6 cm³/mol. The van der Waals surface area contributed by atoms with Crippen molar-refractivity contribution in [3.05, 3.63) is 51.7 Å². The van der Waals surface area contributed by atoms with Crippen molar-refractivity contribution in [2.75, 3.05) is 5.32 Å². The molecule has 0 radical (unpaired) electrons. The van der Waals surface area contributed by atoms with Crippen LogP contribution in [0, 0.1) is 13.8 Å². The van der Waals surface area contributed by atoms with E-state index >= 15 is 0 Å². The lowest BCUT2D eigenvalue weighted by Gasteiger charge is -2.06. The molecule has 0 saturated heterocycles.